The van der Waals surface area contributed by atoms with Crippen LogP contribution in [0.25, 0.3) is 0 Å². The van der Waals surface area contributed by atoms with Gasteiger partial charge in [-0.3, -0.25) is 9.69 Å². The molecule has 7 rings (SSSR count). The maximum atomic E-state index is 13.2. The van der Waals surface area contributed by atoms with Crippen molar-refractivity contribution in [2.75, 3.05) is 34.1 Å². The number of hydrogen-bond acceptors (Lipinski definition) is 9. The van der Waals surface area contributed by atoms with E-state index in [1.807, 2.05) is 0 Å². The third kappa shape index (κ3) is 2.05. The Morgan fingerprint density at radius 2 is 1.97 bits per heavy atom. The first-order valence-corrected chi connectivity index (χ1v) is 13.0. The largest absolute Gasteiger partial charge is 0.459 e. The molecule has 0 unspecified atom stereocenters. The molecule has 2 aliphatic heterocycles. The topological polar surface area (TPSA) is 107 Å². The van der Waals surface area contributed by atoms with E-state index in [0.717, 1.165) is 13.1 Å². The molecule has 7 bridgehead atoms. The smallest absolute Gasteiger partial charge is 0.303 e. The highest BCUT2D eigenvalue weighted by Gasteiger charge is 2.97. The van der Waals surface area contributed by atoms with Gasteiger partial charge in [0.15, 0.2) is 5.60 Å². The van der Waals surface area contributed by atoms with Crippen molar-refractivity contribution in [2.24, 2.45) is 28.6 Å². The molecule has 0 radical (unpaired) electrons. The average Bonchev–Trinajstić information content (AvgIpc) is 3.34. The van der Waals surface area contributed by atoms with Gasteiger partial charge in [-0.15, -0.1) is 0 Å². The minimum Gasteiger partial charge on any atom is -0.459 e. The van der Waals surface area contributed by atoms with Gasteiger partial charge < -0.3 is 33.9 Å². The van der Waals surface area contributed by atoms with Gasteiger partial charge in [-0.25, -0.2) is 0 Å². The summed E-state index contributed by atoms with van der Waals surface area (Å²) in [5.74, 6) is -1.50. The SMILES string of the molecule is CCN1C[C@]2(C)C=C[C@H](OC)[C@@]34[C@H]1[C@]1(OCO[C@@]15C[C@H](OC)[C@H]1C[C@]3(O)[C@@H]5[C@H]1O)[C@@H](OC(C)=O)[C@@H]42. The van der Waals surface area contributed by atoms with E-state index in [4.69, 9.17) is 23.7 Å². The minimum absolute atomic E-state index is 0.0107. The van der Waals surface area contributed by atoms with Gasteiger partial charge >= 0.3 is 5.97 Å². The molecule has 13 atom stereocenters. The number of aliphatic hydroxyl groups is 2. The second-order valence-electron chi connectivity index (χ2n) is 12.3. The van der Waals surface area contributed by atoms with Gasteiger partial charge in [0.05, 0.1) is 35.4 Å². The lowest BCUT2D eigenvalue weighted by Crippen LogP contribution is -2.85. The fraction of sp³-hybridized carbons (Fsp3) is 0.885. The van der Waals surface area contributed by atoms with Crippen molar-refractivity contribution in [3.05, 3.63) is 12.2 Å². The Labute approximate surface area is 205 Å². The molecule has 9 nitrogen and oxygen atoms in total. The number of piperidine rings is 1. The number of hydrogen-bond donors (Lipinski definition) is 2. The predicted octanol–water partition coefficient (Wildman–Crippen LogP) is 0.472. The molecule has 6 fully saturated rings. The molecule has 4 saturated carbocycles. The van der Waals surface area contributed by atoms with Gasteiger partial charge in [0, 0.05) is 57.3 Å². The van der Waals surface area contributed by atoms with E-state index >= 15 is 0 Å². The van der Waals surface area contributed by atoms with E-state index < -0.39 is 51.9 Å². The van der Waals surface area contributed by atoms with E-state index in [9.17, 15) is 15.0 Å². The van der Waals surface area contributed by atoms with Crippen molar-refractivity contribution in [3.63, 3.8) is 0 Å². The number of likely N-dealkylation sites (tertiary alicyclic amines) is 1. The molecule has 35 heavy (non-hydrogen) atoms. The van der Waals surface area contributed by atoms with Crippen LogP contribution in [0.2, 0.25) is 0 Å². The van der Waals surface area contributed by atoms with Crippen molar-refractivity contribution >= 4 is 5.97 Å². The number of rotatable bonds is 4. The second-order valence-corrected chi connectivity index (χ2v) is 12.3. The van der Waals surface area contributed by atoms with Crippen molar-refractivity contribution in [1.82, 2.24) is 4.90 Å². The summed E-state index contributed by atoms with van der Waals surface area (Å²) in [4.78, 5) is 15.1. The first kappa shape index (κ1) is 23.1. The Bertz CT molecular complexity index is 1010. The first-order chi connectivity index (χ1) is 16.6. The van der Waals surface area contributed by atoms with Crippen LogP contribution in [0.15, 0.2) is 12.2 Å². The number of likely N-dealkylation sites (N-methyl/N-ethyl adjacent to an activating group) is 1. The summed E-state index contributed by atoms with van der Waals surface area (Å²) in [6, 6.07) is -0.331. The summed E-state index contributed by atoms with van der Waals surface area (Å²) in [6.45, 7) is 7.23. The normalized spacial score (nSPS) is 61.1. The van der Waals surface area contributed by atoms with Gasteiger partial charge in [0.1, 0.15) is 18.5 Å². The van der Waals surface area contributed by atoms with E-state index in [0.29, 0.717) is 12.8 Å². The Morgan fingerprint density at radius 1 is 1.20 bits per heavy atom. The van der Waals surface area contributed by atoms with E-state index in [2.05, 4.69) is 30.9 Å². The number of carbonyl (C=O) groups is 1. The molecule has 0 amide bonds. The van der Waals surface area contributed by atoms with Gasteiger partial charge in [-0.2, -0.15) is 0 Å². The summed E-state index contributed by atoms with van der Waals surface area (Å²) in [6.07, 6.45) is 2.84. The van der Waals surface area contributed by atoms with Crippen LogP contribution in [0.5, 0.6) is 0 Å². The third-order valence-corrected chi connectivity index (χ3v) is 11.4. The molecular formula is C26H37NO8. The average molecular weight is 492 g/mol. The first-order valence-electron chi connectivity index (χ1n) is 13.0. The van der Waals surface area contributed by atoms with Crippen LogP contribution in [0, 0.1) is 28.6 Å². The van der Waals surface area contributed by atoms with Crippen LogP contribution in [0.4, 0.5) is 0 Å². The number of esters is 1. The lowest BCUT2D eigenvalue weighted by molar-refractivity contribution is -0.316. The highest BCUT2D eigenvalue weighted by Crippen LogP contribution is 2.82. The molecular weight excluding hydrogens is 454 g/mol. The van der Waals surface area contributed by atoms with Crippen LogP contribution in [-0.2, 0) is 28.5 Å². The Hall–Kier alpha value is -1.07. The van der Waals surface area contributed by atoms with Gasteiger partial charge in [0.2, 0.25) is 0 Å². The molecule has 9 heteroatoms. The van der Waals surface area contributed by atoms with Crippen LogP contribution in [0.1, 0.15) is 33.6 Å². The standard InChI is InChI=1S/C26H37NO8/c1-6-27-11-22(3)8-7-16(32-5)25-19(22)20(35-13(2)28)26(21(25)27)24(33-12-34-26)10-15(31-4)14-9-23(25,30)18(24)17(14)29/h7-8,14-21,29-30H,6,9-12H2,1-5H3/t14-,15+,16+,17+,18+,19-,20+,21+,22+,23+,24-,25-,26-/m1/s1. The highest BCUT2D eigenvalue weighted by molar-refractivity contribution is 5.67. The zero-order valence-corrected chi connectivity index (χ0v) is 21.1. The zero-order valence-electron chi connectivity index (χ0n) is 21.1. The fourth-order valence-electron chi connectivity index (χ4n) is 11.0. The molecule has 0 aromatic heterocycles. The molecule has 194 valence electrons. The van der Waals surface area contributed by atoms with Crippen LogP contribution < -0.4 is 0 Å². The van der Waals surface area contributed by atoms with Crippen molar-refractivity contribution in [2.45, 2.75) is 80.9 Å². The van der Waals surface area contributed by atoms with E-state index in [1.165, 1.54) is 6.92 Å². The van der Waals surface area contributed by atoms with Crippen LogP contribution >= 0.6 is 0 Å². The van der Waals surface area contributed by atoms with Crippen molar-refractivity contribution in [1.29, 1.82) is 0 Å². The van der Waals surface area contributed by atoms with E-state index in [-0.39, 0.29) is 36.7 Å². The zero-order chi connectivity index (χ0) is 24.8. The number of aliphatic hydroxyl groups excluding tert-OH is 1. The fourth-order valence-corrected chi connectivity index (χ4v) is 11.0. The molecule has 2 N–H and O–H groups in total. The summed E-state index contributed by atoms with van der Waals surface area (Å²) in [5, 5.41) is 25.0. The lowest BCUT2D eigenvalue weighted by Gasteiger charge is -2.70. The van der Waals surface area contributed by atoms with E-state index in [1.54, 1.807) is 14.2 Å². The maximum Gasteiger partial charge on any atom is 0.303 e. The Morgan fingerprint density at radius 3 is 2.63 bits per heavy atom. The molecule has 7 aliphatic rings. The van der Waals surface area contributed by atoms with Crippen molar-refractivity contribution in [3.8, 4) is 0 Å². The van der Waals surface area contributed by atoms with Gasteiger partial charge in [-0.05, 0) is 13.0 Å². The monoisotopic (exact) mass is 491 g/mol. The quantitative estimate of drug-likeness (QED) is 0.429. The summed E-state index contributed by atoms with van der Waals surface area (Å²) in [7, 11) is 3.33. The number of ether oxygens (including phenoxy) is 5. The third-order valence-electron chi connectivity index (χ3n) is 11.4. The Kier molecular flexibility index (Phi) is 4.40. The summed E-state index contributed by atoms with van der Waals surface area (Å²) < 4.78 is 31.8. The maximum absolute atomic E-state index is 13.2. The molecule has 0 aromatic rings. The molecule has 2 saturated heterocycles. The summed E-state index contributed by atoms with van der Waals surface area (Å²) >= 11 is 0. The second kappa shape index (κ2) is 6.67. The number of methoxy groups -OCH3 is 2. The highest BCUT2D eigenvalue weighted by atomic mass is 16.7. The summed E-state index contributed by atoms with van der Waals surface area (Å²) in [5.41, 5.74) is -4.77. The molecule has 0 aromatic carbocycles. The number of fused-ring (bicyclic) bond motifs is 1. The lowest BCUT2D eigenvalue weighted by atomic mass is 9.42. The predicted molar refractivity (Wildman–Crippen MR) is 121 cm³/mol. The van der Waals surface area contributed by atoms with Gasteiger partial charge in [0.25, 0.3) is 0 Å². The number of carbonyl (C=O) groups excluding carboxylic acids is 1. The van der Waals surface area contributed by atoms with Gasteiger partial charge in [-0.1, -0.05) is 26.0 Å². The molecule has 2 heterocycles. The number of nitrogens with zero attached hydrogens (tertiary/aromatic N) is 1. The van der Waals surface area contributed by atoms with Crippen LogP contribution in [0.3, 0.4) is 0 Å². The molecule has 5 aliphatic carbocycles. The Balaban J connectivity index is 1.62. The molecule has 3 spiro atoms. The minimum atomic E-state index is -1.34. The van der Waals surface area contributed by atoms with Crippen molar-refractivity contribution < 1.29 is 38.7 Å². The van der Waals surface area contributed by atoms with Crippen LogP contribution in [-0.4, -0.2) is 102 Å².